The lowest BCUT2D eigenvalue weighted by Crippen LogP contribution is -2.20. The van der Waals surface area contributed by atoms with Crippen LogP contribution in [0.25, 0.3) is 5.69 Å². The molecule has 1 aromatic heterocycles. The van der Waals surface area contributed by atoms with Crippen LogP contribution in [0.1, 0.15) is 0 Å². The average molecular weight is 313 g/mol. The number of nitrogens with zero attached hydrogens (tertiary/aromatic N) is 2. The van der Waals surface area contributed by atoms with Gasteiger partial charge in [0.25, 0.3) is 0 Å². The highest BCUT2D eigenvalue weighted by atomic mass is 35.5. The predicted molar refractivity (Wildman–Crippen MR) is 87.7 cm³/mol. The maximum absolute atomic E-state index is 12.1. The van der Waals surface area contributed by atoms with E-state index >= 15 is 0 Å². The predicted octanol–water partition coefficient (Wildman–Crippen LogP) is 4.17. The Labute approximate surface area is 132 Å². The lowest BCUT2D eigenvalue weighted by Gasteiger charge is -2.12. The molecule has 0 aliphatic heterocycles. The molecule has 22 heavy (non-hydrogen) atoms. The molecule has 2 N–H and O–H groups in total. The van der Waals surface area contributed by atoms with Gasteiger partial charge in [-0.15, -0.1) is 0 Å². The standard InChI is InChI=1S/C16H13ClN4O/c17-12-5-7-13(8-6-12)19-16(22)20-14-3-1-2-4-15(14)21-10-9-18-11-21/h1-11H,(H2,19,20,22). The molecule has 0 radical (unpaired) electrons. The van der Waals surface area contributed by atoms with Crippen molar-refractivity contribution >= 4 is 29.0 Å². The van der Waals surface area contributed by atoms with E-state index in [-0.39, 0.29) is 6.03 Å². The number of hydrogen-bond acceptors (Lipinski definition) is 2. The van der Waals surface area contributed by atoms with Gasteiger partial charge >= 0.3 is 6.03 Å². The molecular weight excluding hydrogens is 300 g/mol. The van der Waals surface area contributed by atoms with E-state index < -0.39 is 0 Å². The summed E-state index contributed by atoms with van der Waals surface area (Å²) < 4.78 is 1.83. The van der Waals surface area contributed by atoms with Gasteiger partial charge < -0.3 is 15.2 Å². The highest BCUT2D eigenvalue weighted by Crippen LogP contribution is 2.20. The van der Waals surface area contributed by atoms with E-state index in [1.165, 1.54) is 0 Å². The molecule has 0 atom stereocenters. The van der Waals surface area contributed by atoms with Gasteiger partial charge in [-0.2, -0.15) is 0 Å². The zero-order chi connectivity index (χ0) is 15.4. The topological polar surface area (TPSA) is 59.0 Å². The van der Waals surface area contributed by atoms with Gasteiger partial charge in [-0.1, -0.05) is 23.7 Å². The Bertz CT molecular complexity index is 769. The minimum atomic E-state index is -0.324. The SMILES string of the molecule is O=C(Nc1ccc(Cl)cc1)Nc1ccccc1-n1ccnc1. The Morgan fingerprint density at radius 2 is 1.82 bits per heavy atom. The molecule has 5 nitrogen and oxygen atoms in total. The van der Waals surface area contributed by atoms with Crippen LogP contribution in [0.4, 0.5) is 16.2 Å². The fourth-order valence-electron chi connectivity index (χ4n) is 2.02. The van der Waals surface area contributed by atoms with Crippen LogP contribution in [0.3, 0.4) is 0 Å². The number of urea groups is 1. The summed E-state index contributed by atoms with van der Waals surface area (Å²) in [6.45, 7) is 0. The lowest BCUT2D eigenvalue weighted by atomic mass is 10.2. The molecule has 0 aliphatic rings. The van der Waals surface area contributed by atoms with Crippen LogP contribution in [0.2, 0.25) is 5.02 Å². The molecule has 2 amide bonds. The van der Waals surface area contributed by atoms with Gasteiger partial charge in [0, 0.05) is 23.1 Å². The maximum atomic E-state index is 12.1. The normalized spacial score (nSPS) is 10.2. The van der Waals surface area contributed by atoms with E-state index in [4.69, 9.17) is 11.6 Å². The van der Waals surface area contributed by atoms with Crippen molar-refractivity contribution in [1.82, 2.24) is 9.55 Å². The molecule has 110 valence electrons. The van der Waals surface area contributed by atoms with Crippen molar-refractivity contribution in [3.05, 3.63) is 72.3 Å². The average Bonchev–Trinajstić information content (AvgIpc) is 3.04. The number of benzene rings is 2. The molecule has 0 unspecified atom stereocenters. The number of carbonyl (C=O) groups excluding carboxylic acids is 1. The van der Waals surface area contributed by atoms with Crippen LogP contribution in [0.5, 0.6) is 0 Å². The molecule has 0 fully saturated rings. The molecule has 3 aromatic rings. The third-order valence-electron chi connectivity index (χ3n) is 3.04. The molecule has 0 aliphatic carbocycles. The van der Waals surface area contributed by atoms with Gasteiger partial charge in [0.2, 0.25) is 0 Å². The van der Waals surface area contributed by atoms with Gasteiger partial charge in [-0.3, -0.25) is 0 Å². The summed E-state index contributed by atoms with van der Waals surface area (Å²) in [6.07, 6.45) is 5.18. The fraction of sp³-hybridized carbons (Fsp3) is 0. The summed E-state index contributed by atoms with van der Waals surface area (Å²) in [6, 6.07) is 14.1. The summed E-state index contributed by atoms with van der Waals surface area (Å²) in [5.74, 6) is 0. The Balaban J connectivity index is 1.76. The monoisotopic (exact) mass is 312 g/mol. The highest BCUT2D eigenvalue weighted by Gasteiger charge is 2.07. The van der Waals surface area contributed by atoms with Crippen LogP contribution in [-0.4, -0.2) is 15.6 Å². The first-order valence-corrected chi connectivity index (χ1v) is 7.01. The van der Waals surface area contributed by atoms with Gasteiger partial charge in [0.15, 0.2) is 0 Å². The molecule has 0 bridgehead atoms. The Morgan fingerprint density at radius 1 is 1.05 bits per heavy atom. The first-order valence-electron chi connectivity index (χ1n) is 6.63. The minimum absolute atomic E-state index is 0.324. The number of amides is 2. The Morgan fingerprint density at radius 3 is 2.55 bits per heavy atom. The van der Waals surface area contributed by atoms with E-state index in [2.05, 4.69) is 15.6 Å². The van der Waals surface area contributed by atoms with Crippen LogP contribution >= 0.6 is 11.6 Å². The number of rotatable bonds is 3. The largest absolute Gasteiger partial charge is 0.323 e. The van der Waals surface area contributed by atoms with Crippen LogP contribution in [-0.2, 0) is 0 Å². The van der Waals surface area contributed by atoms with Crippen molar-refractivity contribution in [3.63, 3.8) is 0 Å². The van der Waals surface area contributed by atoms with E-state index in [9.17, 15) is 4.79 Å². The number of nitrogens with one attached hydrogen (secondary N) is 2. The van der Waals surface area contributed by atoms with E-state index in [0.29, 0.717) is 16.4 Å². The second kappa shape index (κ2) is 6.32. The van der Waals surface area contributed by atoms with Gasteiger partial charge in [0.05, 0.1) is 17.7 Å². The fourth-order valence-corrected chi connectivity index (χ4v) is 2.15. The quantitative estimate of drug-likeness (QED) is 0.762. The summed E-state index contributed by atoms with van der Waals surface area (Å²) in [7, 11) is 0. The van der Waals surface area contributed by atoms with Crippen molar-refractivity contribution in [3.8, 4) is 5.69 Å². The highest BCUT2D eigenvalue weighted by molar-refractivity contribution is 6.30. The van der Waals surface area contributed by atoms with Crippen molar-refractivity contribution < 1.29 is 4.79 Å². The summed E-state index contributed by atoms with van der Waals surface area (Å²) in [5.41, 5.74) is 2.19. The second-order valence-electron chi connectivity index (χ2n) is 4.57. The molecule has 0 saturated carbocycles. The number of anilines is 2. The molecule has 1 heterocycles. The van der Waals surface area contributed by atoms with Crippen molar-refractivity contribution in [1.29, 1.82) is 0 Å². The number of halogens is 1. The van der Waals surface area contributed by atoms with Crippen molar-refractivity contribution in [2.75, 3.05) is 10.6 Å². The van der Waals surface area contributed by atoms with Crippen molar-refractivity contribution in [2.45, 2.75) is 0 Å². The molecular formula is C16H13ClN4O. The lowest BCUT2D eigenvalue weighted by molar-refractivity contribution is 0.262. The van der Waals surface area contributed by atoms with Gasteiger partial charge in [-0.25, -0.2) is 9.78 Å². The Hall–Kier alpha value is -2.79. The molecule has 0 spiro atoms. The van der Waals surface area contributed by atoms with Crippen LogP contribution in [0, 0.1) is 0 Å². The molecule has 6 heteroatoms. The van der Waals surface area contributed by atoms with Gasteiger partial charge in [0.1, 0.15) is 0 Å². The van der Waals surface area contributed by atoms with E-state index in [0.717, 1.165) is 5.69 Å². The molecule has 2 aromatic carbocycles. The number of aromatic nitrogens is 2. The minimum Gasteiger partial charge on any atom is -0.308 e. The molecule has 0 saturated heterocycles. The second-order valence-corrected chi connectivity index (χ2v) is 5.01. The zero-order valence-corrected chi connectivity index (χ0v) is 12.3. The van der Waals surface area contributed by atoms with Gasteiger partial charge in [-0.05, 0) is 36.4 Å². The zero-order valence-electron chi connectivity index (χ0n) is 11.5. The molecule has 3 rings (SSSR count). The number of hydrogen-bond donors (Lipinski definition) is 2. The summed E-state index contributed by atoms with van der Waals surface area (Å²) in [5, 5.41) is 6.21. The first-order chi connectivity index (χ1) is 10.7. The van der Waals surface area contributed by atoms with Crippen LogP contribution < -0.4 is 10.6 Å². The van der Waals surface area contributed by atoms with E-state index in [1.54, 1.807) is 36.8 Å². The first kappa shape index (κ1) is 14.2. The number of imidazole rings is 1. The van der Waals surface area contributed by atoms with Crippen molar-refractivity contribution in [2.24, 2.45) is 0 Å². The summed E-state index contributed by atoms with van der Waals surface area (Å²) >= 11 is 5.82. The maximum Gasteiger partial charge on any atom is 0.323 e. The number of para-hydroxylation sites is 2. The third-order valence-corrected chi connectivity index (χ3v) is 3.29. The van der Waals surface area contributed by atoms with E-state index in [1.807, 2.05) is 35.0 Å². The van der Waals surface area contributed by atoms with Crippen LogP contribution in [0.15, 0.2) is 67.3 Å². The third kappa shape index (κ3) is 3.27. The number of carbonyl (C=O) groups is 1. The Kier molecular flexibility index (Phi) is 4.07. The summed E-state index contributed by atoms with van der Waals surface area (Å²) in [4.78, 5) is 16.1. The smallest absolute Gasteiger partial charge is 0.308 e.